The molecule has 0 radical (unpaired) electrons. The van der Waals surface area contributed by atoms with Gasteiger partial charge in [-0.25, -0.2) is 0 Å². The number of hydrogen-bond donors (Lipinski definition) is 2. The van der Waals surface area contributed by atoms with Gasteiger partial charge in [0, 0.05) is 19.4 Å². The zero-order chi connectivity index (χ0) is 23.3. The molecule has 0 saturated carbocycles. The van der Waals surface area contributed by atoms with Gasteiger partial charge >= 0.3 is 5.97 Å². The Hall–Kier alpha value is -1.59. The number of ether oxygens (including phenoxy) is 1. The fourth-order valence-electron chi connectivity index (χ4n) is 3.57. The molecule has 0 saturated heterocycles. The Morgan fingerprint density at radius 1 is 0.774 bits per heavy atom. The molecule has 0 bridgehead atoms. The van der Waals surface area contributed by atoms with Crippen LogP contribution in [0.2, 0.25) is 0 Å². The molecule has 0 rings (SSSR count). The van der Waals surface area contributed by atoms with Crippen molar-refractivity contribution >= 4 is 17.8 Å². The molecule has 0 aliphatic heterocycles. The van der Waals surface area contributed by atoms with E-state index in [0.29, 0.717) is 31.7 Å². The lowest BCUT2D eigenvalue weighted by Crippen LogP contribution is -2.47. The van der Waals surface area contributed by atoms with Crippen molar-refractivity contribution in [3.63, 3.8) is 0 Å². The van der Waals surface area contributed by atoms with Crippen molar-refractivity contribution in [1.29, 1.82) is 0 Å². The SMILES string of the molecule is CCCCCCCCCCCC(=O)N[C@@H](CC(C)C)C(=O)NCCCCCC(=O)OC. The number of esters is 1. The zero-order valence-electron chi connectivity index (χ0n) is 20.6. The summed E-state index contributed by atoms with van der Waals surface area (Å²) in [5, 5.41) is 5.87. The van der Waals surface area contributed by atoms with Gasteiger partial charge in [0.25, 0.3) is 0 Å². The van der Waals surface area contributed by atoms with Gasteiger partial charge in [0.2, 0.25) is 11.8 Å². The minimum absolute atomic E-state index is 0.0261. The van der Waals surface area contributed by atoms with Crippen molar-refractivity contribution in [3.05, 3.63) is 0 Å². The van der Waals surface area contributed by atoms with Crippen LogP contribution >= 0.6 is 0 Å². The summed E-state index contributed by atoms with van der Waals surface area (Å²) in [7, 11) is 1.39. The van der Waals surface area contributed by atoms with Gasteiger partial charge in [-0.2, -0.15) is 0 Å². The third kappa shape index (κ3) is 18.9. The van der Waals surface area contributed by atoms with Crippen molar-refractivity contribution in [2.24, 2.45) is 5.92 Å². The second-order valence-corrected chi connectivity index (χ2v) is 9.01. The molecule has 0 aliphatic carbocycles. The number of methoxy groups -OCH3 is 1. The number of carbonyl (C=O) groups excluding carboxylic acids is 3. The van der Waals surface area contributed by atoms with Crippen LogP contribution < -0.4 is 10.6 Å². The number of carbonyl (C=O) groups is 3. The van der Waals surface area contributed by atoms with E-state index in [9.17, 15) is 14.4 Å². The van der Waals surface area contributed by atoms with Crippen LogP contribution in [-0.4, -0.2) is 37.5 Å². The first-order valence-corrected chi connectivity index (χ1v) is 12.5. The van der Waals surface area contributed by atoms with E-state index in [4.69, 9.17) is 0 Å². The van der Waals surface area contributed by atoms with Crippen molar-refractivity contribution in [3.8, 4) is 0 Å². The third-order valence-corrected chi connectivity index (χ3v) is 5.45. The highest BCUT2D eigenvalue weighted by Crippen LogP contribution is 2.11. The molecule has 0 aliphatic rings. The molecule has 0 fully saturated rings. The van der Waals surface area contributed by atoms with Gasteiger partial charge in [0.05, 0.1) is 7.11 Å². The minimum Gasteiger partial charge on any atom is -0.469 e. The maximum absolute atomic E-state index is 12.5. The summed E-state index contributed by atoms with van der Waals surface area (Å²) in [6.07, 6.45) is 14.9. The molecule has 0 spiro atoms. The normalized spacial score (nSPS) is 11.9. The summed E-state index contributed by atoms with van der Waals surface area (Å²) in [6.45, 7) is 6.90. The van der Waals surface area contributed by atoms with E-state index in [1.165, 1.54) is 52.1 Å². The monoisotopic (exact) mass is 440 g/mol. The number of unbranched alkanes of at least 4 members (excludes halogenated alkanes) is 10. The minimum atomic E-state index is -0.471. The predicted octanol–water partition coefficient (Wildman–Crippen LogP) is 5.29. The molecule has 1 atom stereocenters. The fraction of sp³-hybridized carbons (Fsp3) is 0.880. The molecule has 0 aromatic heterocycles. The van der Waals surface area contributed by atoms with E-state index in [0.717, 1.165) is 32.1 Å². The standard InChI is InChI=1S/C25H48N2O4/c1-5-6-7-8-9-10-11-12-14-17-23(28)27-22(20-21(2)3)25(30)26-19-16-13-15-18-24(29)31-4/h21-22H,5-20H2,1-4H3,(H,26,30)(H,27,28)/t22-/m0/s1. The van der Waals surface area contributed by atoms with Crippen LogP contribution in [0.1, 0.15) is 117 Å². The average molecular weight is 441 g/mol. The van der Waals surface area contributed by atoms with Crippen LogP contribution in [0.5, 0.6) is 0 Å². The number of rotatable bonds is 20. The van der Waals surface area contributed by atoms with Crippen LogP contribution in [0.3, 0.4) is 0 Å². The van der Waals surface area contributed by atoms with E-state index in [1.54, 1.807) is 0 Å². The number of amides is 2. The Balaban J connectivity index is 4.01. The van der Waals surface area contributed by atoms with Gasteiger partial charge in [-0.1, -0.05) is 78.6 Å². The van der Waals surface area contributed by atoms with Gasteiger partial charge in [-0.05, 0) is 31.6 Å². The summed E-state index contributed by atoms with van der Waals surface area (Å²) >= 11 is 0. The van der Waals surface area contributed by atoms with E-state index < -0.39 is 6.04 Å². The number of nitrogens with one attached hydrogen (secondary N) is 2. The molecule has 6 heteroatoms. The predicted molar refractivity (Wildman–Crippen MR) is 127 cm³/mol. The summed E-state index contributed by atoms with van der Waals surface area (Å²) in [4.78, 5) is 35.9. The Labute approximate surface area is 190 Å². The maximum Gasteiger partial charge on any atom is 0.305 e. The number of hydrogen-bond acceptors (Lipinski definition) is 4. The fourth-order valence-corrected chi connectivity index (χ4v) is 3.57. The lowest BCUT2D eigenvalue weighted by molar-refractivity contribution is -0.140. The van der Waals surface area contributed by atoms with Crippen LogP contribution in [0.4, 0.5) is 0 Å². The van der Waals surface area contributed by atoms with Gasteiger partial charge in [-0.3, -0.25) is 14.4 Å². The zero-order valence-corrected chi connectivity index (χ0v) is 20.6. The van der Waals surface area contributed by atoms with Gasteiger partial charge in [-0.15, -0.1) is 0 Å². The lowest BCUT2D eigenvalue weighted by atomic mass is 10.0. The van der Waals surface area contributed by atoms with Crippen molar-refractivity contribution in [2.45, 2.75) is 123 Å². The van der Waals surface area contributed by atoms with Crippen LogP contribution in [-0.2, 0) is 19.1 Å². The van der Waals surface area contributed by atoms with Crippen molar-refractivity contribution < 1.29 is 19.1 Å². The highest BCUT2D eigenvalue weighted by atomic mass is 16.5. The maximum atomic E-state index is 12.5. The molecule has 0 unspecified atom stereocenters. The van der Waals surface area contributed by atoms with E-state index >= 15 is 0 Å². The molecular formula is C25H48N2O4. The van der Waals surface area contributed by atoms with E-state index in [1.807, 2.05) is 0 Å². The smallest absolute Gasteiger partial charge is 0.305 e. The van der Waals surface area contributed by atoms with E-state index in [-0.39, 0.29) is 17.8 Å². The quantitative estimate of drug-likeness (QED) is 0.199. The first kappa shape index (κ1) is 29.4. The van der Waals surface area contributed by atoms with Crippen LogP contribution in [0, 0.1) is 5.92 Å². The Morgan fingerprint density at radius 2 is 1.32 bits per heavy atom. The topological polar surface area (TPSA) is 84.5 Å². The van der Waals surface area contributed by atoms with Gasteiger partial charge in [0.15, 0.2) is 0 Å². The molecule has 0 heterocycles. The second-order valence-electron chi connectivity index (χ2n) is 9.01. The molecule has 182 valence electrons. The molecule has 0 aromatic carbocycles. The molecule has 2 N–H and O–H groups in total. The second kappa shape index (κ2) is 20.3. The third-order valence-electron chi connectivity index (χ3n) is 5.45. The molecular weight excluding hydrogens is 392 g/mol. The molecule has 0 aromatic rings. The molecule has 31 heavy (non-hydrogen) atoms. The van der Waals surface area contributed by atoms with E-state index in [2.05, 4.69) is 36.1 Å². The van der Waals surface area contributed by atoms with Crippen molar-refractivity contribution in [1.82, 2.24) is 10.6 Å². The van der Waals surface area contributed by atoms with Crippen LogP contribution in [0.15, 0.2) is 0 Å². The highest BCUT2D eigenvalue weighted by molar-refractivity contribution is 5.87. The Morgan fingerprint density at radius 3 is 1.90 bits per heavy atom. The van der Waals surface area contributed by atoms with Gasteiger partial charge in [0.1, 0.15) is 6.04 Å². The summed E-state index contributed by atoms with van der Waals surface area (Å²) in [5.74, 6) is -0.0107. The Kier molecular flexibility index (Phi) is 19.3. The lowest BCUT2D eigenvalue weighted by Gasteiger charge is -2.20. The first-order chi connectivity index (χ1) is 14.9. The first-order valence-electron chi connectivity index (χ1n) is 12.5. The average Bonchev–Trinajstić information content (AvgIpc) is 2.73. The molecule has 2 amide bonds. The summed E-state index contributed by atoms with van der Waals surface area (Å²) in [6, 6.07) is -0.471. The summed E-state index contributed by atoms with van der Waals surface area (Å²) in [5.41, 5.74) is 0. The molecule has 6 nitrogen and oxygen atoms in total. The van der Waals surface area contributed by atoms with Crippen molar-refractivity contribution in [2.75, 3.05) is 13.7 Å². The summed E-state index contributed by atoms with van der Waals surface area (Å²) < 4.78 is 4.62. The highest BCUT2D eigenvalue weighted by Gasteiger charge is 2.21. The largest absolute Gasteiger partial charge is 0.469 e. The van der Waals surface area contributed by atoms with Gasteiger partial charge < -0.3 is 15.4 Å². The van der Waals surface area contributed by atoms with Crippen LogP contribution in [0.25, 0.3) is 0 Å². The Bertz CT molecular complexity index is 480.